The Morgan fingerprint density at radius 3 is 2.35 bits per heavy atom. The molecule has 1 unspecified atom stereocenters. The second kappa shape index (κ2) is 5.56. The van der Waals surface area contributed by atoms with E-state index in [1.54, 1.807) is 25.6 Å². The predicted molar refractivity (Wildman–Crippen MR) is 71.2 cm³/mol. The Labute approximate surface area is 106 Å². The highest BCUT2D eigenvalue weighted by Gasteiger charge is 2.29. The highest BCUT2D eigenvalue weighted by atomic mass is 32.2. The van der Waals surface area contributed by atoms with Crippen LogP contribution in [-0.4, -0.2) is 17.3 Å². The lowest BCUT2D eigenvalue weighted by Gasteiger charge is -2.23. The van der Waals surface area contributed by atoms with E-state index in [1.165, 1.54) is 4.90 Å². The van der Waals surface area contributed by atoms with Gasteiger partial charge in [-0.15, -0.1) is 11.8 Å². The van der Waals surface area contributed by atoms with Gasteiger partial charge in [0.2, 0.25) is 0 Å². The minimum Gasteiger partial charge on any atom is -0.481 e. The maximum Gasteiger partial charge on any atom is 0.309 e. The van der Waals surface area contributed by atoms with Gasteiger partial charge in [0, 0.05) is 10.9 Å². The smallest absolute Gasteiger partial charge is 0.309 e. The average Bonchev–Trinajstić information content (AvgIpc) is 2.28. The van der Waals surface area contributed by atoms with Crippen LogP contribution >= 0.6 is 11.8 Å². The number of hydrogen-bond acceptors (Lipinski definition) is 3. The highest BCUT2D eigenvalue weighted by Crippen LogP contribution is 2.29. The summed E-state index contributed by atoms with van der Waals surface area (Å²) in [7, 11) is 0. The Morgan fingerprint density at radius 1 is 1.41 bits per heavy atom. The van der Waals surface area contributed by atoms with Crippen LogP contribution in [0.2, 0.25) is 0 Å². The summed E-state index contributed by atoms with van der Waals surface area (Å²) in [4.78, 5) is 12.2. The van der Waals surface area contributed by atoms with Crippen LogP contribution in [0.15, 0.2) is 29.2 Å². The van der Waals surface area contributed by atoms with Gasteiger partial charge in [-0.1, -0.05) is 12.1 Å². The van der Waals surface area contributed by atoms with Gasteiger partial charge in [0.1, 0.15) is 0 Å². The molecule has 0 fully saturated rings. The van der Waals surface area contributed by atoms with Gasteiger partial charge < -0.3 is 10.8 Å². The van der Waals surface area contributed by atoms with E-state index < -0.39 is 11.4 Å². The molecule has 0 aliphatic carbocycles. The number of thioether (sulfide) groups is 1. The molecule has 3 nitrogen and oxygen atoms in total. The maximum atomic E-state index is 11.0. The summed E-state index contributed by atoms with van der Waals surface area (Å²) in [5.74, 6) is -0.811. The number of hydrogen-bond donors (Lipinski definition) is 2. The monoisotopic (exact) mass is 253 g/mol. The maximum absolute atomic E-state index is 11.0. The standard InChI is InChI=1S/C13H19NO2S/c1-13(2,12(15)16)8-11(14)9-4-6-10(17-3)7-5-9/h4-7,11H,8,14H2,1-3H3,(H,15,16). The van der Waals surface area contributed by atoms with Crippen LogP contribution in [0.1, 0.15) is 31.9 Å². The lowest BCUT2D eigenvalue weighted by atomic mass is 9.84. The zero-order valence-corrected chi connectivity index (χ0v) is 11.3. The topological polar surface area (TPSA) is 63.3 Å². The Bertz CT molecular complexity index is 387. The minimum absolute atomic E-state index is 0.239. The summed E-state index contributed by atoms with van der Waals surface area (Å²) in [6.07, 6.45) is 2.45. The molecule has 1 aromatic rings. The lowest BCUT2D eigenvalue weighted by Crippen LogP contribution is -2.28. The summed E-state index contributed by atoms with van der Waals surface area (Å²) in [5, 5.41) is 9.06. The quantitative estimate of drug-likeness (QED) is 0.792. The van der Waals surface area contributed by atoms with Crippen LogP contribution in [0.3, 0.4) is 0 Å². The Balaban J connectivity index is 2.76. The SMILES string of the molecule is CSc1ccc(C(N)CC(C)(C)C(=O)O)cc1. The number of carbonyl (C=O) groups is 1. The molecule has 0 bridgehead atoms. The lowest BCUT2D eigenvalue weighted by molar-refractivity contribution is -0.147. The summed E-state index contributed by atoms with van der Waals surface area (Å²) in [5.41, 5.74) is 6.23. The van der Waals surface area contributed by atoms with Crippen molar-refractivity contribution < 1.29 is 9.90 Å². The van der Waals surface area contributed by atoms with Crippen LogP contribution in [0.25, 0.3) is 0 Å². The van der Waals surface area contributed by atoms with E-state index >= 15 is 0 Å². The molecule has 17 heavy (non-hydrogen) atoms. The van der Waals surface area contributed by atoms with Crippen LogP contribution < -0.4 is 5.73 Å². The number of nitrogens with two attached hydrogens (primary N) is 1. The predicted octanol–water partition coefficient (Wildman–Crippen LogP) is 2.91. The van der Waals surface area contributed by atoms with Crippen molar-refractivity contribution >= 4 is 17.7 Å². The highest BCUT2D eigenvalue weighted by molar-refractivity contribution is 7.98. The largest absolute Gasteiger partial charge is 0.481 e. The van der Waals surface area contributed by atoms with Crippen molar-refractivity contribution in [2.75, 3.05) is 6.26 Å². The summed E-state index contributed by atoms with van der Waals surface area (Å²) >= 11 is 1.67. The molecule has 94 valence electrons. The summed E-state index contributed by atoms with van der Waals surface area (Å²) < 4.78 is 0. The van der Waals surface area contributed by atoms with Gasteiger partial charge in [-0.05, 0) is 44.2 Å². The molecular weight excluding hydrogens is 234 g/mol. The Hall–Kier alpha value is -1.00. The molecule has 3 N–H and O–H groups in total. The molecule has 0 heterocycles. The van der Waals surface area contributed by atoms with Crippen molar-refractivity contribution in [1.29, 1.82) is 0 Å². The summed E-state index contributed by atoms with van der Waals surface area (Å²) in [6, 6.07) is 7.71. The summed E-state index contributed by atoms with van der Waals surface area (Å²) in [6.45, 7) is 3.40. The van der Waals surface area contributed by atoms with Crippen molar-refractivity contribution in [1.82, 2.24) is 0 Å². The number of rotatable bonds is 5. The second-order valence-electron chi connectivity index (χ2n) is 4.77. The zero-order chi connectivity index (χ0) is 13.1. The molecule has 0 aromatic heterocycles. The van der Waals surface area contributed by atoms with E-state index in [9.17, 15) is 4.79 Å². The van der Waals surface area contributed by atoms with Crippen molar-refractivity contribution in [3.05, 3.63) is 29.8 Å². The second-order valence-corrected chi connectivity index (χ2v) is 5.65. The molecule has 0 saturated heterocycles. The van der Waals surface area contributed by atoms with Crippen LogP contribution in [0.5, 0.6) is 0 Å². The Morgan fingerprint density at radius 2 is 1.94 bits per heavy atom. The number of benzene rings is 1. The van der Waals surface area contributed by atoms with E-state index in [1.807, 2.05) is 30.5 Å². The molecule has 0 aliphatic heterocycles. The fraction of sp³-hybridized carbons (Fsp3) is 0.462. The van der Waals surface area contributed by atoms with Gasteiger partial charge >= 0.3 is 5.97 Å². The third-order valence-corrected chi connectivity index (χ3v) is 3.60. The van der Waals surface area contributed by atoms with Crippen molar-refractivity contribution in [2.24, 2.45) is 11.1 Å². The van der Waals surface area contributed by atoms with Crippen molar-refractivity contribution in [3.8, 4) is 0 Å². The fourth-order valence-electron chi connectivity index (χ4n) is 1.61. The third kappa shape index (κ3) is 3.75. The molecular formula is C13H19NO2S. The van der Waals surface area contributed by atoms with Gasteiger partial charge in [0.15, 0.2) is 0 Å². The minimum atomic E-state index is -0.811. The molecule has 1 atom stereocenters. The van der Waals surface area contributed by atoms with Crippen LogP contribution in [0.4, 0.5) is 0 Å². The first-order valence-electron chi connectivity index (χ1n) is 5.50. The molecule has 0 spiro atoms. The molecule has 0 saturated carbocycles. The van der Waals surface area contributed by atoms with E-state index in [-0.39, 0.29) is 6.04 Å². The molecule has 1 rings (SSSR count). The average molecular weight is 253 g/mol. The van der Waals surface area contributed by atoms with Crippen LogP contribution in [0, 0.1) is 5.41 Å². The fourth-order valence-corrected chi connectivity index (χ4v) is 2.01. The van der Waals surface area contributed by atoms with E-state index in [4.69, 9.17) is 10.8 Å². The van der Waals surface area contributed by atoms with E-state index in [0.29, 0.717) is 6.42 Å². The molecule has 0 radical (unpaired) electrons. The molecule has 0 amide bonds. The first-order valence-corrected chi connectivity index (χ1v) is 6.72. The van der Waals surface area contributed by atoms with E-state index in [2.05, 4.69) is 0 Å². The first-order chi connectivity index (χ1) is 7.86. The molecule has 0 aliphatic rings. The Kier molecular flexibility index (Phi) is 4.60. The van der Waals surface area contributed by atoms with Gasteiger partial charge in [0.25, 0.3) is 0 Å². The van der Waals surface area contributed by atoms with Crippen molar-refractivity contribution in [3.63, 3.8) is 0 Å². The third-order valence-electron chi connectivity index (χ3n) is 2.85. The zero-order valence-electron chi connectivity index (χ0n) is 10.4. The first kappa shape index (κ1) is 14.1. The van der Waals surface area contributed by atoms with Crippen LogP contribution in [-0.2, 0) is 4.79 Å². The number of aliphatic carboxylic acids is 1. The number of carboxylic acid groups (broad SMARTS) is 1. The number of carboxylic acids is 1. The molecule has 1 aromatic carbocycles. The van der Waals surface area contributed by atoms with Gasteiger partial charge in [-0.3, -0.25) is 4.79 Å². The normalized spacial score (nSPS) is 13.4. The van der Waals surface area contributed by atoms with Gasteiger partial charge in [-0.2, -0.15) is 0 Å². The van der Waals surface area contributed by atoms with E-state index in [0.717, 1.165) is 5.56 Å². The van der Waals surface area contributed by atoms with Gasteiger partial charge in [-0.25, -0.2) is 0 Å². The molecule has 4 heteroatoms. The van der Waals surface area contributed by atoms with Crippen molar-refractivity contribution in [2.45, 2.75) is 31.2 Å². The van der Waals surface area contributed by atoms with Gasteiger partial charge in [0.05, 0.1) is 5.41 Å².